The van der Waals surface area contributed by atoms with Gasteiger partial charge in [0.1, 0.15) is 11.0 Å². The Balaban J connectivity index is 1.40. The lowest BCUT2D eigenvalue weighted by atomic mass is 9.93. The maximum atomic E-state index is 13.9. The van der Waals surface area contributed by atoms with Gasteiger partial charge in [-0.2, -0.15) is 31.4 Å². The SMILES string of the molecule is Bc1ccc(-c2c3c(c(-c4ccc(B)s4)c4nsnc24)C(=O)N(CCCCCCCCCCCC)C3=O)s1. The summed E-state index contributed by atoms with van der Waals surface area (Å²) < 4.78 is 11.6. The summed E-state index contributed by atoms with van der Waals surface area (Å²) in [6.45, 7) is 2.71. The van der Waals surface area contributed by atoms with Gasteiger partial charge in [0.2, 0.25) is 0 Å². The first-order chi connectivity index (χ1) is 18.5. The van der Waals surface area contributed by atoms with Crippen molar-refractivity contribution in [3.05, 3.63) is 35.4 Å². The van der Waals surface area contributed by atoms with Crippen molar-refractivity contribution in [1.82, 2.24) is 13.6 Å². The minimum absolute atomic E-state index is 0.189. The fourth-order valence-electron chi connectivity index (χ4n) is 5.37. The molecule has 0 unspecified atom stereocenters. The second-order valence-electron chi connectivity index (χ2n) is 10.2. The molecular weight excluding hydrogens is 528 g/mol. The molecule has 10 heteroatoms. The number of amides is 2. The number of carbonyl (C=O) groups is 2. The third-order valence-corrected chi connectivity index (χ3v) is 9.90. The number of unbranched alkanes of at least 4 members (excludes halogenated alkanes) is 9. The largest absolute Gasteiger partial charge is 0.274 e. The molecule has 0 saturated carbocycles. The average Bonchev–Trinajstić information content (AvgIpc) is 3.69. The summed E-state index contributed by atoms with van der Waals surface area (Å²) in [7, 11) is 4.11. The van der Waals surface area contributed by atoms with E-state index >= 15 is 0 Å². The second-order valence-corrected chi connectivity index (χ2v) is 13.3. The Hall–Kier alpha value is -2.29. The predicted octanol–water partition coefficient (Wildman–Crippen LogP) is 5.18. The van der Waals surface area contributed by atoms with E-state index in [4.69, 9.17) is 0 Å². The molecule has 0 saturated heterocycles. The summed E-state index contributed by atoms with van der Waals surface area (Å²) >= 11 is 4.40. The third kappa shape index (κ3) is 5.40. The number of hydrogen-bond acceptors (Lipinski definition) is 7. The van der Waals surface area contributed by atoms with Gasteiger partial charge in [-0.3, -0.25) is 14.5 Å². The summed E-state index contributed by atoms with van der Waals surface area (Å²) in [6, 6.07) is 8.17. The zero-order valence-corrected chi connectivity index (χ0v) is 24.9. The molecule has 0 N–H and O–H groups in total. The Morgan fingerprint density at radius 2 is 1.11 bits per heavy atom. The van der Waals surface area contributed by atoms with Crippen LogP contribution in [-0.4, -0.2) is 47.7 Å². The van der Waals surface area contributed by atoms with Crippen LogP contribution in [0.2, 0.25) is 0 Å². The van der Waals surface area contributed by atoms with E-state index in [-0.39, 0.29) is 11.8 Å². The Kier molecular flexibility index (Phi) is 8.81. The van der Waals surface area contributed by atoms with Gasteiger partial charge in [0.05, 0.1) is 22.9 Å². The molecule has 38 heavy (non-hydrogen) atoms. The number of nitrogens with zero attached hydrogens (tertiary/aromatic N) is 3. The molecule has 1 aliphatic heterocycles. The smallest absolute Gasteiger partial charge is 0.262 e. The van der Waals surface area contributed by atoms with Crippen LogP contribution in [0.5, 0.6) is 0 Å². The number of thiophene rings is 2. The molecule has 0 aliphatic carbocycles. The third-order valence-electron chi connectivity index (χ3n) is 7.34. The van der Waals surface area contributed by atoms with Gasteiger partial charge in [-0.25, -0.2) is 0 Å². The zero-order chi connectivity index (χ0) is 26.6. The summed E-state index contributed by atoms with van der Waals surface area (Å²) in [5.41, 5.74) is 3.98. The molecule has 196 valence electrons. The maximum absolute atomic E-state index is 13.9. The van der Waals surface area contributed by atoms with E-state index in [2.05, 4.69) is 43.5 Å². The van der Waals surface area contributed by atoms with E-state index in [1.807, 2.05) is 12.1 Å². The summed E-state index contributed by atoms with van der Waals surface area (Å²) in [4.78, 5) is 31.3. The van der Waals surface area contributed by atoms with Crippen molar-refractivity contribution in [1.29, 1.82) is 0 Å². The van der Waals surface area contributed by atoms with Crippen LogP contribution in [0.3, 0.4) is 0 Å². The Morgan fingerprint density at radius 3 is 1.53 bits per heavy atom. The van der Waals surface area contributed by atoms with E-state index in [9.17, 15) is 9.59 Å². The first-order valence-corrected chi connectivity index (χ1v) is 16.2. The lowest BCUT2D eigenvalue weighted by Crippen LogP contribution is -2.30. The number of fused-ring (bicyclic) bond motifs is 2. The number of carbonyl (C=O) groups excluding carboxylic acids is 2. The first kappa shape index (κ1) is 27.3. The molecule has 1 aliphatic rings. The lowest BCUT2D eigenvalue weighted by molar-refractivity contribution is 0.0652. The Bertz CT molecular complexity index is 1360. The molecule has 0 bridgehead atoms. The first-order valence-electron chi connectivity index (χ1n) is 13.8. The minimum Gasteiger partial charge on any atom is -0.274 e. The van der Waals surface area contributed by atoms with Crippen molar-refractivity contribution in [2.24, 2.45) is 0 Å². The number of hydrogen-bond donors (Lipinski definition) is 0. The molecule has 0 atom stereocenters. The molecule has 0 spiro atoms. The van der Waals surface area contributed by atoms with Crippen LogP contribution in [0.1, 0.15) is 91.8 Å². The Morgan fingerprint density at radius 1 is 0.658 bits per heavy atom. The molecule has 5 nitrogen and oxygen atoms in total. The van der Waals surface area contributed by atoms with Gasteiger partial charge >= 0.3 is 0 Å². The molecule has 4 heterocycles. The van der Waals surface area contributed by atoms with Crippen molar-refractivity contribution in [3.63, 3.8) is 0 Å². The van der Waals surface area contributed by atoms with Gasteiger partial charge in [0.25, 0.3) is 11.8 Å². The lowest BCUT2D eigenvalue weighted by Gasteiger charge is -2.13. The molecule has 2 amide bonds. The van der Waals surface area contributed by atoms with Gasteiger partial charge in [0.15, 0.2) is 15.7 Å². The van der Waals surface area contributed by atoms with Crippen molar-refractivity contribution in [2.75, 3.05) is 6.54 Å². The highest BCUT2D eigenvalue weighted by Gasteiger charge is 2.42. The van der Waals surface area contributed by atoms with E-state index in [1.54, 1.807) is 22.7 Å². The molecule has 0 radical (unpaired) electrons. The van der Waals surface area contributed by atoms with E-state index in [0.29, 0.717) is 17.7 Å². The fraction of sp³-hybridized carbons (Fsp3) is 0.429. The van der Waals surface area contributed by atoms with Crippen LogP contribution < -0.4 is 9.55 Å². The molecular formula is C28H33B2N3O2S3. The second kappa shape index (κ2) is 12.3. The van der Waals surface area contributed by atoms with Crippen LogP contribution in [0.4, 0.5) is 0 Å². The summed E-state index contributed by atoms with van der Waals surface area (Å²) in [5.74, 6) is -0.377. The van der Waals surface area contributed by atoms with E-state index in [0.717, 1.165) is 72.5 Å². The summed E-state index contributed by atoms with van der Waals surface area (Å²) in [5, 5.41) is 0. The number of aromatic nitrogens is 2. The van der Waals surface area contributed by atoms with Gasteiger partial charge in [-0.15, -0.1) is 0 Å². The quantitative estimate of drug-likeness (QED) is 0.128. The van der Waals surface area contributed by atoms with Gasteiger partial charge in [0, 0.05) is 27.4 Å². The maximum Gasteiger partial charge on any atom is 0.262 e. The highest BCUT2D eigenvalue weighted by Crippen LogP contribution is 2.46. The molecule has 0 fully saturated rings. The normalized spacial score (nSPS) is 13.2. The number of rotatable bonds is 13. The van der Waals surface area contributed by atoms with Gasteiger partial charge in [-0.1, -0.05) is 76.8 Å². The van der Waals surface area contributed by atoms with Gasteiger partial charge < -0.3 is 0 Å². The predicted molar refractivity (Wildman–Crippen MR) is 168 cm³/mol. The molecule has 3 aromatic heterocycles. The van der Waals surface area contributed by atoms with Crippen LogP contribution in [0.25, 0.3) is 31.9 Å². The average molecular weight is 561 g/mol. The van der Waals surface area contributed by atoms with Crippen LogP contribution >= 0.6 is 34.4 Å². The van der Waals surface area contributed by atoms with Crippen LogP contribution in [0.15, 0.2) is 24.3 Å². The highest BCUT2D eigenvalue weighted by molar-refractivity contribution is 7.23. The number of imide groups is 1. The molecule has 4 aromatic rings. The topological polar surface area (TPSA) is 63.2 Å². The highest BCUT2D eigenvalue weighted by atomic mass is 32.1. The molecule has 5 rings (SSSR count). The molecule has 1 aromatic carbocycles. The Labute approximate surface area is 238 Å². The van der Waals surface area contributed by atoms with E-state index in [1.165, 1.54) is 49.8 Å². The van der Waals surface area contributed by atoms with Crippen molar-refractivity contribution in [3.8, 4) is 20.9 Å². The number of benzene rings is 1. The van der Waals surface area contributed by atoms with Crippen molar-refractivity contribution in [2.45, 2.75) is 71.1 Å². The van der Waals surface area contributed by atoms with Crippen molar-refractivity contribution >= 4 is 82.5 Å². The minimum atomic E-state index is -0.189. The zero-order valence-electron chi connectivity index (χ0n) is 22.5. The van der Waals surface area contributed by atoms with E-state index < -0.39 is 0 Å². The summed E-state index contributed by atoms with van der Waals surface area (Å²) in [6.07, 6.45) is 12.2. The van der Waals surface area contributed by atoms with Crippen molar-refractivity contribution < 1.29 is 9.59 Å². The van der Waals surface area contributed by atoms with Gasteiger partial charge in [-0.05, 0) is 28.1 Å². The van der Waals surface area contributed by atoms with Crippen LogP contribution in [0, 0.1) is 0 Å². The standard InChI is InChI=1S/C28H33B2N3O2S3/c1-2-3-4-5-6-7-8-9-10-11-16-33-27(34)23-21(17-12-14-19(29)36-17)25-26(32-38-31-25)22(24(23)28(33)35)18-13-15-20(30)37-18/h12-15H,2-11,16,29-30H2,1H3. The monoisotopic (exact) mass is 561 g/mol. The fourth-order valence-corrected chi connectivity index (χ4v) is 7.77. The van der Waals surface area contributed by atoms with Crippen LogP contribution in [-0.2, 0) is 0 Å².